The second-order valence-corrected chi connectivity index (χ2v) is 4.47. The molecule has 0 radical (unpaired) electrons. The van der Waals surface area contributed by atoms with Crippen molar-refractivity contribution in [1.82, 2.24) is 4.98 Å². The molecule has 1 unspecified atom stereocenters. The summed E-state index contributed by atoms with van der Waals surface area (Å²) in [4.78, 5) is 4.04. The minimum Gasteiger partial charge on any atom is -0.265 e. The van der Waals surface area contributed by atoms with Crippen molar-refractivity contribution < 1.29 is 4.57 Å². The van der Waals surface area contributed by atoms with Crippen LogP contribution >= 0.6 is 0 Å². The van der Waals surface area contributed by atoms with Gasteiger partial charge in [0.05, 0.1) is 5.92 Å². The van der Waals surface area contributed by atoms with Gasteiger partial charge in [0.2, 0.25) is 0 Å². The summed E-state index contributed by atoms with van der Waals surface area (Å²) < 4.78 is 2.32. The summed E-state index contributed by atoms with van der Waals surface area (Å²) in [5.41, 5.74) is 4.09. The lowest BCUT2D eigenvalue weighted by molar-refractivity contribution is -0.686. The van der Waals surface area contributed by atoms with E-state index in [1.165, 1.54) is 16.8 Å². The first-order valence-electron chi connectivity index (χ1n) is 5.93. The normalized spacial score (nSPS) is 20.5. The van der Waals surface area contributed by atoms with Gasteiger partial charge in [-0.25, -0.2) is 0 Å². The molecule has 84 valence electrons. The van der Waals surface area contributed by atoms with E-state index in [4.69, 9.17) is 0 Å². The van der Waals surface area contributed by atoms with E-state index in [1.54, 1.807) is 0 Å². The Morgan fingerprint density at radius 1 is 1.24 bits per heavy atom. The summed E-state index contributed by atoms with van der Waals surface area (Å²) >= 11 is 0. The second kappa shape index (κ2) is 4.13. The fraction of sp³-hybridized carbons (Fsp3) is 0.200. The van der Waals surface area contributed by atoms with Crippen molar-refractivity contribution in [2.45, 2.75) is 19.4 Å². The average Bonchev–Trinajstić information content (AvgIpc) is 2.68. The zero-order valence-electron chi connectivity index (χ0n) is 9.88. The molecule has 0 saturated carbocycles. The monoisotopic (exact) mass is 223 g/mol. The van der Waals surface area contributed by atoms with Gasteiger partial charge in [0, 0.05) is 30.1 Å². The van der Waals surface area contributed by atoms with Crippen LogP contribution in [0.4, 0.5) is 0 Å². The molecule has 2 heteroatoms. The first-order chi connectivity index (χ1) is 8.34. The van der Waals surface area contributed by atoms with Crippen LogP contribution < -0.4 is 4.57 Å². The van der Waals surface area contributed by atoms with Crippen molar-refractivity contribution in [2.24, 2.45) is 0 Å². The van der Waals surface area contributed by atoms with Crippen molar-refractivity contribution in [2.75, 3.05) is 0 Å². The summed E-state index contributed by atoms with van der Waals surface area (Å²) in [5.74, 6) is 0.504. The van der Waals surface area contributed by atoms with Crippen LogP contribution in [0.5, 0.6) is 0 Å². The number of fused-ring (bicyclic) bond motifs is 1. The van der Waals surface area contributed by atoms with Crippen molar-refractivity contribution in [3.8, 4) is 0 Å². The van der Waals surface area contributed by atoms with Crippen LogP contribution in [0.2, 0.25) is 0 Å². The van der Waals surface area contributed by atoms with E-state index >= 15 is 0 Å². The molecule has 2 nitrogen and oxygen atoms in total. The molecule has 3 rings (SSSR count). The van der Waals surface area contributed by atoms with Crippen LogP contribution in [-0.4, -0.2) is 4.98 Å². The lowest BCUT2D eigenvalue weighted by Crippen LogP contribution is -2.32. The highest BCUT2D eigenvalue weighted by molar-refractivity contribution is 5.54. The third kappa shape index (κ3) is 1.86. The van der Waals surface area contributed by atoms with E-state index in [2.05, 4.69) is 46.9 Å². The SMILES string of the molecule is CC1C(=Cc2ccncc2)C[n+]2ccccc21. The van der Waals surface area contributed by atoms with Crippen LogP contribution in [0.1, 0.15) is 24.1 Å². The van der Waals surface area contributed by atoms with Crippen LogP contribution in [0.15, 0.2) is 54.5 Å². The molecule has 0 N–H and O–H groups in total. The number of aromatic nitrogens is 2. The Morgan fingerprint density at radius 3 is 2.82 bits per heavy atom. The minimum absolute atomic E-state index is 0.504. The molecule has 0 aromatic carbocycles. The molecular weight excluding hydrogens is 208 g/mol. The number of nitrogens with zero attached hydrogens (tertiary/aromatic N) is 2. The Bertz CT molecular complexity index is 558. The lowest BCUT2D eigenvalue weighted by Gasteiger charge is -1.99. The van der Waals surface area contributed by atoms with Crippen molar-refractivity contribution in [1.29, 1.82) is 0 Å². The number of allylic oxidation sites excluding steroid dienone is 1. The molecule has 0 saturated heterocycles. The number of pyridine rings is 2. The molecule has 1 aliphatic rings. The predicted molar refractivity (Wildman–Crippen MR) is 67.3 cm³/mol. The Morgan fingerprint density at radius 2 is 2.06 bits per heavy atom. The van der Waals surface area contributed by atoms with Gasteiger partial charge in [0.1, 0.15) is 0 Å². The van der Waals surface area contributed by atoms with Gasteiger partial charge >= 0.3 is 0 Å². The number of hydrogen-bond acceptors (Lipinski definition) is 1. The standard InChI is InChI=1S/C15H15N2/c1-12-14(10-13-5-7-16-8-6-13)11-17-9-3-2-4-15(12)17/h2-10,12H,11H2,1H3/q+1. The Kier molecular flexibility index (Phi) is 2.48. The Balaban J connectivity index is 1.97. The van der Waals surface area contributed by atoms with Crippen molar-refractivity contribution in [3.05, 3.63) is 65.8 Å². The molecule has 0 fully saturated rings. The molecule has 0 amide bonds. The zero-order chi connectivity index (χ0) is 11.7. The average molecular weight is 223 g/mol. The highest BCUT2D eigenvalue weighted by Gasteiger charge is 2.30. The Labute approximate surface area is 101 Å². The van der Waals surface area contributed by atoms with Crippen LogP contribution in [-0.2, 0) is 6.54 Å². The maximum absolute atomic E-state index is 4.04. The van der Waals surface area contributed by atoms with E-state index in [0.717, 1.165) is 6.54 Å². The van der Waals surface area contributed by atoms with Gasteiger partial charge in [-0.1, -0.05) is 6.07 Å². The molecule has 1 atom stereocenters. The van der Waals surface area contributed by atoms with Crippen LogP contribution in [0.3, 0.4) is 0 Å². The van der Waals surface area contributed by atoms with Gasteiger partial charge in [0.15, 0.2) is 18.4 Å². The summed E-state index contributed by atoms with van der Waals surface area (Å²) in [7, 11) is 0. The topological polar surface area (TPSA) is 16.8 Å². The van der Waals surface area contributed by atoms with Gasteiger partial charge < -0.3 is 0 Å². The lowest BCUT2D eigenvalue weighted by atomic mass is 9.99. The van der Waals surface area contributed by atoms with Crippen molar-refractivity contribution in [3.63, 3.8) is 0 Å². The van der Waals surface area contributed by atoms with Gasteiger partial charge in [-0.3, -0.25) is 4.98 Å². The van der Waals surface area contributed by atoms with E-state index in [9.17, 15) is 0 Å². The first-order valence-corrected chi connectivity index (χ1v) is 5.93. The third-order valence-corrected chi connectivity index (χ3v) is 3.39. The van der Waals surface area contributed by atoms with Crippen LogP contribution in [0, 0.1) is 0 Å². The minimum atomic E-state index is 0.504. The van der Waals surface area contributed by atoms with Gasteiger partial charge in [0.25, 0.3) is 0 Å². The first kappa shape index (κ1) is 10.2. The quantitative estimate of drug-likeness (QED) is 0.679. The summed E-state index contributed by atoms with van der Waals surface area (Å²) in [6, 6.07) is 10.5. The molecule has 2 aromatic heterocycles. The molecule has 0 aliphatic carbocycles. The third-order valence-electron chi connectivity index (χ3n) is 3.39. The highest BCUT2D eigenvalue weighted by Crippen LogP contribution is 2.28. The molecular formula is C15H15N2+. The summed E-state index contributed by atoms with van der Waals surface area (Å²) in [5, 5.41) is 0. The predicted octanol–water partition coefficient (Wildman–Crippen LogP) is 2.57. The second-order valence-electron chi connectivity index (χ2n) is 4.47. The molecule has 2 aromatic rings. The molecule has 0 bridgehead atoms. The van der Waals surface area contributed by atoms with Gasteiger partial charge in [-0.2, -0.15) is 4.57 Å². The molecule has 3 heterocycles. The van der Waals surface area contributed by atoms with E-state index in [-0.39, 0.29) is 0 Å². The molecule has 17 heavy (non-hydrogen) atoms. The van der Waals surface area contributed by atoms with E-state index in [1.807, 2.05) is 24.5 Å². The van der Waals surface area contributed by atoms with E-state index in [0.29, 0.717) is 5.92 Å². The summed E-state index contributed by atoms with van der Waals surface area (Å²) in [6.45, 7) is 3.27. The maximum atomic E-state index is 4.04. The highest BCUT2D eigenvalue weighted by atomic mass is 15.0. The Hall–Kier alpha value is -1.96. The number of rotatable bonds is 1. The fourth-order valence-electron chi connectivity index (χ4n) is 2.39. The number of hydrogen-bond donors (Lipinski definition) is 0. The fourth-order valence-corrected chi connectivity index (χ4v) is 2.39. The van der Waals surface area contributed by atoms with Gasteiger partial charge in [-0.15, -0.1) is 0 Å². The molecule has 0 spiro atoms. The molecule has 1 aliphatic heterocycles. The maximum Gasteiger partial charge on any atom is 0.188 e. The van der Waals surface area contributed by atoms with Crippen molar-refractivity contribution >= 4 is 6.08 Å². The zero-order valence-corrected chi connectivity index (χ0v) is 9.88. The van der Waals surface area contributed by atoms with Crippen LogP contribution in [0.25, 0.3) is 6.08 Å². The smallest absolute Gasteiger partial charge is 0.188 e. The largest absolute Gasteiger partial charge is 0.265 e. The van der Waals surface area contributed by atoms with E-state index < -0.39 is 0 Å². The van der Waals surface area contributed by atoms with Gasteiger partial charge in [-0.05, 0) is 30.7 Å². The summed E-state index contributed by atoms with van der Waals surface area (Å²) in [6.07, 6.45) is 8.11.